The van der Waals surface area contributed by atoms with Crippen LogP contribution in [-0.4, -0.2) is 33.9 Å². The number of carbonyl (C=O) groups is 1. The second-order valence-electron chi connectivity index (χ2n) is 4.11. The number of nitrogens with one attached hydrogen (secondary N) is 2. The van der Waals surface area contributed by atoms with Crippen LogP contribution in [0.1, 0.15) is 42.9 Å². The Morgan fingerprint density at radius 3 is 2.94 bits per heavy atom. The van der Waals surface area contributed by atoms with Crippen molar-refractivity contribution in [3.05, 3.63) is 11.4 Å². The highest BCUT2D eigenvalue weighted by molar-refractivity contribution is 5.97. The molecule has 0 fully saturated rings. The number of aliphatic hydroxyl groups excluding tert-OH is 1. The predicted molar refractivity (Wildman–Crippen MR) is 65.6 cm³/mol. The number of rotatable bonds is 6. The number of nitrogens with zero attached hydrogens (tertiary/aromatic N) is 1. The fourth-order valence-electron chi connectivity index (χ4n) is 1.48. The molecule has 0 radical (unpaired) electrons. The van der Waals surface area contributed by atoms with Gasteiger partial charge in [-0.3, -0.25) is 9.89 Å². The van der Waals surface area contributed by atoms with Gasteiger partial charge < -0.3 is 16.2 Å². The molecule has 1 aromatic rings. The van der Waals surface area contributed by atoms with Crippen LogP contribution in [0.25, 0.3) is 0 Å². The molecule has 0 bridgehead atoms. The van der Waals surface area contributed by atoms with Crippen LogP contribution in [0.4, 0.5) is 5.69 Å². The number of nitrogens with two attached hydrogens (primary N) is 1. The summed E-state index contributed by atoms with van der Waals surface area (Å²) in [6.45, 7) is 4.11. The minimum absolute atomic E-state index is 0.235. The molecule has 17 heavy (non-hydrogen) atoms. The molecule has 0 saturated heterocycles. The molecule has 1 rings (SSSR count). The van der Waals surface area contributed by atoms with Crippen molar-refractivity contribution in [2.75, 3.05) is 12.3 Å². The number of carbonyl (C=O) groups excluding carboxylic acids is 1. The Kier molecular flexibility index (Phi) is 4.96. The van der Waals surface area contributed by atoms with E-state index in [1.807, 2.05) is 6.92 Å². The van der Waals surface area contributed by atoms with Gasteiger partial charge in [0.15, 0.2) is 5.69 Å². The van der Waals surface area contributed by atoms with E-state index in [9.17, 15) is 4.79 Å². The number of nitrogen functional groups attached to an aromatic ring is 1. The van der Waals surface area contributed by atoms with E-state index in [0.29, 0.717) is 18.7 Å². The Morgan fingerprint density at radius 1 is 1.65 bits per heavy atom. The van der Waals surface area contributed by atoms with E-state index in [4.69, 9.17) is 10.8 Å². The van der Waals surface area contributed by atoms with Crippen LogP contribution in [0.15, 0.2) is 0 Å². The number of aromatic amines is 1. The van der Waals surface area contributed by atoms with E-state index < -0.39 is 6.10 Å². The molecule has 1 unspecified atom stereocenters. The second kappa shape index (κ2) is 6.24. The molecule has 6 heteroatoms. The molecule has 1 aromatic heterocycles. The molecule has 6 nitrogen and oxygen atoms in total. The van der Waals surface area contributed by atoms with Gasteiger partial charge in [0.1, 0.15) is 0 Å². The quantitative estimate of drug-likeness (QED) is 0.579. The van der Waals surface area contributed by atoms with Crippen molar-refractivity contribution in [2.45, 2.75) is 39.2 Å². The first-order chi connectivity index (χ1) is 8.06. The van der Waals surface area contributed by atoms with Crippen molar-refractivity contribution in [1.82, 2.24) is 15.5 Å². The average Bonchev–Trinajstić information content (AvgIpc) is 2.60. The molecule has 0 aliphatic rings. The largest absolute Gasteiger partial charge is 0.395 e. The Labute approximate surface area is 101 Å². The SMILES string of the molecule is CCCc1[nH]nc(C(=O)NCCC(C)O)c1N. The highest BCUT2D eigenvalue weighted by Crippen LogP contribution is 2.15. The summed E-state index contributed by atoms with van der Waals surface area (Å²) in [5.41, 5.74) is 7.27. The number of amides is 1. The third kappa shape index (κ3) is 3.74. The van der Waals surface area contributed by atoms with E-state index in [0.717, 1.165) is 18.5 Å². The maximum atomic E-state index is 11.7. The fourth-order valence-corrected chi connectivity index (χ4v) is 1.48. The van der Waals surface area contributed by atoms with E-state index >= 15 is 0 Å². The van der Waals surface area contributed by atoms with Gasteiger partial charge in [-0.1, -0.05) is 13.3 Å². The first-order valence-corrected chi connectivity index (χ1v) is 5.85. The number of anilines is 1. The van der Waals surface area contributed by atoms with Crippen LogP contribution in [0.5, 0.6) is 0 Å². The fraction of sp³-hybridized carbons (Fsp3) is 0.636. The van der Waals surface area contributed by atoms with Crippen molar-refractivity contribution in [3.63, 3.8) is 0 Å². The van der Waals surface area contributed by atoms with Gasteiger partial charge in [-0.2, -0.15) is 5.10 Å². The van der Waals surface area contributed by atoms with Crippen LogP contribution in [0, 0.1) is 0 Å². The lowest BCUT2D eigenvalue weighted by Gasteiger charge is -2.05. The molecule has 0 spiro atoms. The number of hydrogen-bond donors (Lipinski definition) is 4. The van der Waals surface area contributed by atoms with Crippen LogP contribution in [0.2, 0.25) is 0 Å². The number of aliphatic hydroxyl groups is 1. The Morgan fingerprint density at radius 2 is 2.35 bits per heavy atom. The highest BCUT2D eigenvalue weighted by atomic mass is 16.3. The summed E-state index contributed by atoms with van der Waals surface area (Å²) >= 11 is 0. The Hall–Kier alpha value is -1.56. The smallest absolute Gasteiger partial charge is 0.273 e. The molecule has 5 N–H and O–H groups in total. The first-order valence-electron chi connectivity index (χ1n) is 5.85. The average molecular weight is 240 g/mol. The van der Waals surface area contributed by atoms with Crippen molar-refractivity contribution in [2.24, 2.45) is 0 Å². The van der Waals surface area contributed by atoms with Crippen molar-refractivity contribution in [1.29, 1.82) is 0 Å². The topological polar surface area (TPSA) is 104 Å². The molecule has 1 heterocycles. The summed E-state index contributed by atoms with van der Waals surface area (Å²) in [4.78, 5) is 11.7. The Balaban J connectivity index is 2.57. The van der Waals surface area contributed by atoms with E-state index in [2.05, 4.69) is 15.5 Å². The van der Waals surface area contributed by atoms with Crippen molar-refractivity contribution in [3.8, 4) is 0 Å². The standard InChI is InChI=1S/C11H20N4O2/c1-3-4-8-9(12)10(15-14-8)11(17)13-6-5-7(2)16/h7,16H,3-6,12H2,1-2H3,(H,13,17)(H,14,15). The maximum Gasteiger partial charge on any atom is 0.273 e. The van der Waals surface area contributed by atoms with Crippen LogP contribution >= 0.6 is 0 Å². The molecule has 0 aliphatic heterocycles. The maximum absolute atomic E-state index is 11.7. The van der Waals surface area contributed by atoms with Crippen LogP contribution < -0.4 is 11.1 Å². The first kappa shape index (κ1) is 13.5. The predicted octanol–water partition coefficient (Wildman–Crippen LogP) is 0.445. The lowest BCUT2D eigenvalue weighted by molar-refractivity contribution is 0.0941. The number of aryl methyl sites for hydroxylation is 1. The lowest BCUT2D eigenvalue weighted by atomic mass is 10.2. The molecule has 96 valence electrons. The summed E-state index contributed by atoms with van der Waals surface area (Å²) in [5.74, 6) is -0.304. The van der Waals surface area contributed by atoms with Gasteiger partial charge in [0.05, 0.1) is 17.5 Å². The van der Waals surface area contributed by atoms with E-state index in [1.54, 1.807) is 6.92 Å². The molecular weight excluding hydrogens is 220 g/mol. The third-order valence-corrected chi connectivity index (χ3v) is 2.45. The molecular formula is C11H20N4O2. The van der Waals surface area contributed by atoms with Gasteiger partial charge in [0.2, 0.25) is 0 Å². The lowest BCUT2D eigenvalue weighted by Crippen LogP contribution is -2.27. The summed E-state index contributed by atoms with van der Waals surface area (Å²) in [5, 5.41) is 18.4. The van der Waals surface area contributed by atoms with Gasteiger partial charge in [-0.25, -0.2) is 0 Å². The molecule has 1 amide bonds. The second-order valence-corrected chi connectivity index (χ2v) is 4.11. The highest BCUT2D eigenvalue weighted by Gasteiger charge is 2.16. The number of aromatic nitrogens is 2. The zero-order valence-electron chi connectivity index (χ0n) is 10.3. The number of H-pyrrole nitrogens is 1. The minimum atomic E-state index is -0.428. The monoisotopic (exact) mass is 240 g/mol. The summed E-state index contributed by atoms with van der Waals surface area (Å²) < 4.78 is 0. The summed E-state index contributed by atoms with van der Waals surface area (Å²) in [7, 11) is 0. The van der Waals surface area contributed by atoms with Gasteiger partial charge in [-0.05, 0) is 19.8 Å². The molecule has 0 aromatic carbocycles. The van der Waals surface area contributed by atoms with Crippen molar-refractivity contribution < 1.29 is 9.90 Å². The van der Waals surface area contributed by atoms with Gasteiger partial charge >= 0.3 is 0 Å². The minimum Gasteiger partial charge on any atom is -0.395 e. The molecule has 1 atom stereocenters. The third-order valence-electron chi connectivity index (χ3n) is 2.45. The van der Waals surface area contributed by atoms with Gasteiger partial charge in [-0.15, -0.1) is 0 Å². The van der Waals surface area contributed by atoms with Gasteiger partial charge in [0.25, 0.3) is 5.91 Å². The molecule has 0 aliphatic carbocycles. The van der Waals surface area contributed by atoms with Crippen LogP contribution in [-0.2, 0) is 6.42 Å². The number of hydrogen-bond acceptors (Lipinski definition) is 4. The summed E-state index contributed by atoms with van der Waals surface area (Å²) in [6.07, 6.45) is 1.80. The zero-order valence-corrected chi connectivity index (χ0v) is 10.3. The normalized spacial score (nSPS) is 12.4. The van der Waals surface area contributed by atoms with E-state index in [1.165, 1.54) is 0 Å². The molecule has 0 saturated carbocycles. The zero-order chi connectivity index (χ0) is 12.8. The van der Waals surface area contributed by atoms with Crippen LogP contribution in [0.3, 0.4) is 0 Å². The van der Waals surface area contributed by atoms with Gasteiger partial charge in [0, 0.05) is 6.54 Å². The summed E-state index contributed by atoms with van der Waals surface area (Å²) in [6, 6.07) is 0. The van der Waals surface area contributed by atoms with Crippen molar-refractivity contribution >= 4 is 11.6 Å². The Bertz CT molecular complexity index is 374. The van der Waals surface area contributed by atoms with E-state index in [-0.39, 0.29) is 11.6 Å².